The lowest BCUT2D eigenvalue weighted by molar-refractivity contribution is -0.138. The summed E-state index contributed by atoms with van der Waals surface area (Å²) >= 11 is 1.54. The van der Waals surface area contributed by atoms with Crippen LogP contribution in [0.3, 0.4) is 0 Å². The molecule has 5 rings (SSSR count). The van der Waals surface area contributed by atoms with Crippen molar-refractivity contribution in [2.75, 3.05) is 6.54 Å². The second-order valence-corrected chi connectivity index (χ2v) is 9.80. The predicted octanol–water partition coefficient (Wildman–Crippen LogP) is 4.61. The number of aromatic nitrogens is 2. The van der Waals surface area contributed by atoms with Crippen LogP contribution in [0.15, 0.2) is 41.5 Å². The van der Waals surface area contributed by atoms with Gasteiger partial charge in [0, 0.05) is 23.0 Å². The number of hydrogen-bond donors (Lipinski definition) is 0. The zero-order valence-electron chi connectivity index (χ0n) is 17.3. The molecule has 5 nitrogen and oxygen atoms in total. The number of carbonyl (C=O) groups excluding carboxylic acids is 1. The topological polar surface area (TPSA) is 55.2 Å². The second-order valence-electron chi connectivity index (χ2n) is 8.60. The lowest BCUT2D eigenvalue weighted by Crippen LogP contribution is -2.51. The first kappa shape index (κ1) is 19.5. The normalized spacial score (nSPS) is 21.6. The maximum atomic E-state index is 13.4. The molecule has 0 spiro atoms. The summed E-state index contributed by atoms with van der Waals surface area (Å²) in [7, 11) is 0. The molecule has 1 aliphatic heterocycles. The Bertz CT molecular complexity index is 1130. The molecule has 0 radical (unpaired) electrons. The number of amides is 1. The summed E-state index contributed by atoms with van der Waals surface area (Å²) in [5, 5.41) is 0.633. The van der Waals surface area contributed by atoms with Gasteiger partial charge in [-0.3, -0.25) is 14.2 Å². The standard InChI is InChI=1S/C24H27N3O2S/c1-16-21(18-9-3-2-4-10-18)22-23(30-16)25-15-26(24(22)29)14-20(28)27-13-7-11-17-8-5-6-12-19(17)27/h2-4,9-10,15,17,19H,5-8,11-14H2,1H3/t17-,19+/m1/s1. The van der Waals surface area contributed by atoms with E-state index in [1.807, 2.05) is 37.3 Å². The fraction of sp³-hybridized carbons (Fsp3) is 0.458. The van der Waals surface area contributed by atoms with Crippen molar-refractivity contribution in [3.8, 4) is 11.1 Å². The van der Waals surface area contributed by atoms with E-state index in [0.29, 0.717) is 17.3 Å². The minimum absolute atomic E-state index is 0.0584. The average molecular weight is 422 g/mol. The van der Waals surface area contributed by atoms with Crippen LogP contribution >= 0.6 is 11.3 Å². The molecular formula is C24H27N3O2S. The van der Waals surface area contributed by atoms with E-state index in [4.69, 9.17) is 0 Å². The van der Waals surface area contributed by atoms with E-state index in [0.717, 1.165) is 40.2 Å². The van der Waals surface area contributed by atoms with Crippen LogP contribution in [0.2, 0.25) is 0 Å². The van der Waals surface area contributed by atoms with Crippen LogP contribution in [-0.2, 0) is 11.3 Å². The molecule has 1 saturated carbocycles. The summed E-state index contributed by atoms with van der Waals surface area (Å²) in [6.45, 7) is 2.92. The first-order valence-electron chi connectivity index (χ1n) is 11.0. The lowest BCUT2D eigenvalue weighted by atomic mass is 9.78. The Morgan fingerprint density at radius 2 is 1.90 bits per heavy atom. The first-order valence-corrected chi connectivity index (χ1v) is 11.8. The van der Waals surface area contributed by atoms with Gasteiger partial charge in [-0.15, -0.1) is 11.3 Å². The number of carbonyl (C=O) groups is 1. The van der Waals surface area contributed by atoms with E-state index in [-0.39, 0.29) is 18.0 Å². The Hall–Kier alpha value is -2.47. The highest BCUT2D eigenvalue weighted by Crippen LogP contribution is 2.36. The van der Waals surface area contributed by atoms with Crippen molar-refractivity contribution in [2.24, 2.45) is 5.92 Å². The van der Waals surface area contributed by atoms with Crippen LogP contribution in [0.25, 0.3) is 21.3 Å². The van der Waals surface area contributed by atoms with E-state index in [9.17, 15) is 9.59 Å². The number of benzene rings is 1. The summed E-state index contributed by atoms with van der Waals surface area (Å²) in [6, 6.07) is 10.3. The Balaban J connectivity index is 1.49. The number of rotatable bonds is 3. The third-order valence-corrected chi connectivity index (χ3v) is 7.80. The summed E-state index contributed by atoms with van der Waals surface area (Å²) in [5.41, 5.74) is 1.85. The quantitative estimate of drug-likeness (QED) is 0.620. The molecule has 30 heavy (non-hydrogen) atoms. The smallest absolute Gasteiger partial charge is 0.263 e. The molecule has 3 aromatic rings. The molecule has 1 aliphatic carbocycles. The zero-order chi connectivity index (χ0) is 20.7. The molecule has 1 aromatic carbocycles. The summed E-state index contributed by atoms with van der Waals surface area (Å²) in [6.07, 6.45) is 8.67. The number of aryl methyl sites for hydroxylation is 1. The number of hydrogen-bond acceptors (Lipinski definition) is 4. The molecule has 6 heteroatoms. The van der Waals surface area contributed by atoms with Gasteiger partial charge >= 0.3 is 0 Å². The molecule has 0 N–H and O–H groups in total. The van der Waals surface area contributed by atoms with Gasteiger partial charge in [0.05, 0.1) is 11.7 Å². The zero-order valence-corrected chi connectivity index (χ0v) is 18.2. The minimum atomic E-state index is -0.117. The molecule has 156 valence electrons. The molecule has 0 unspecified atom stereocenters. The SMILES string of the molecule is Cc1sc2ncn(CC(=O)N3CCC[C@H]4CCCC[C@@H]43)c(=O)c2c1-c1ccccc1. The molecule has 2 fully saturated rings. The highest BCUT2D eigenvalue weighted by Gasteiger charge is 2.35. The fourth-order valence-electron chi connectivity index (χ4n) is 5.37. The van der Waals surface area contributed by atoms with E-state index in [1.165, 1.54) is 41.6 Å². The van der Waals surface area contributed by atoms with Gasteiger partial charge in [0.1, 0.15) is 11.4 Å². The van der Waals surface area contributed by atoms with E-state index in [1.54, 1.807) is 6.33 Å². The van der Waals surface area contributed by atoms with Gasteiger partial charge in [-0.2, -0.15) is 0 Å². The Morgan fingerprint density at radius 1 is 1.13 bits per heavy atom. The van der Waals surface area contributed by atoms with Crippen LogP contribution in [0.1, 0.15) is 43.4 Å². The molecule has 0 bridgehead atoms. The van der Waals surface area contributed by atoms with Crippen molar-refractivity contribution in [3.05, 3.63) is 51.9 Å². The summed E-state index contributed by atoms with van der Waals surface area (Å²) in [5.74, 6) is 0.695. The third-order valence-electron chi connectivity index (χ3n) is 6.79. The third kappa shape index (κ3) is 3.37. The van der Waals surface area contributed by atoms with E-state index in [2.05, 4.69) is 9.88 Å². The van der Waals surface area contributed by atoms with Crippen LogP contribution in [0.5, 0.6) is 0 Å². The molecular weight excluding hydrogens is 394 g/mol. The van der Waals surface area contributed by atoms with Crippen molar-refractivity contribution in [3.63, 3.8) is 0 Å². The number of thiophene rings is 1. The summed E-state index contributed by atoms with van der Waals surface area (Å²) < 4.78 is 1.51. The maximum Gasteiger partial charge on any atom is 0.263 e. The van der Waals surface area contributed by atoms with E-state index >= 15 is 0 Å². The van der Waals surface area contributed by atoms with Crippen molar-refractivity contribution in [1.29, 1.82) is 0 Å². The average Bonchev–Trinajstić information content (AvgIpc) is 3.12. The van der Waals surface area contributed by atoms with Crippen LogP contribution in [-0.4, -0.2) is 32.9 Å². The number of likely N-dealkylation sites (tertiary alicyclic amines) is 1. The molecule has 2 aromatic heterocycles. The van der Waals surface area contributed by atoms with Crippen molar-refractivity contribution in [2.45, 2.75) is 58.0 Å². The number of nitrogens with zero attached hydrogens (tertiary/aromatic N) is 3. The van der Waals surface area contributed by atoms with Crippen molar-refractivity contribution in [1.82, 2.24) is 14.5 Å². The fourth-order valence-corrected chi connectivity index (χ4v) is 6.38. The highest BCUT2D eigenvalue weighted by atomic mass is 32.1. The van der Waals surface area contributed by atoms with Crippen LogP contribution < -0.4 is 5.56 Å². The highest BCUT2D eigenvalue weighted by molar-refractivity contribution is 7.19. The number of piperidine rings is 1. The van der Waals surface area contributed by atoms with Gasteiger partial charge in [0.25, 0.3) is 5.56 Å². The van der Waals surface area contributed by atoms with Gasteiger partial charge in [-0.05, 0) is 44.1 Å². The summed E-state index contributed by atoms with van der Waals surface area (Å²) in [4.78, 5) is 35.0. The van der Waals surface area contributed by atoms with Gasteiger partial charge < -0.3 is 4.90 Å². The Labute approximate surface area is 180 Å². The van der Waals surface area contributed by atoms with Gasteiger partial charge in [-0.25, -0.2) is 4.98 Å². The molecule has 2 aliphatic rings. The largest absolute Gasteiger partial charge is 0.338 e. The van der Waals surface area contributed by atoms with Crippen LogP contribution in [0, 0.1) is 12.8 Å². The molecule has 2 atom stereocenters. The molecule has 3 heterocycles. The Kier molecular flexibility index (Phi) is 5.19. The Morgan fingerprint density at radius 3 is 2.73 bits per heavy atom. The first-order chi connectivity index (χ1) is 14.6. The monoisotopic (exact) mass is 421 g/mol. The minimum Gasteiger partial charge on any atom is -0.338 e. The van der Waals surface area contributed by atoms with Gasteiger partial charge in [0.15, 0.2) is 0 Å². The second kappa shape index (κ2) is 7.99. The molecule has 1 saturated heterocycles. The number of fused-ring (bicyclic) bond motifs is 2. The maximum absolute atomic E-state index is 13.4. The van der Waals surface area contributed by atoms with Crippen molar-refractivity contribution < 1.29 is 4.79 Å². The van der Waals surface area contributed by atoms with Crippen LogP contribution in [0.4, 0.5) is 0 Å². The predicted molar refractivity (Wildman–Crippen MR) is 121 cm³/mol. The molecule has 1 amide bonds. The van der Waals surface area contributed by atoms with Gasteiger partial charge in [-0.1, -0.05) is 43.2 Å². The van der Waals surface area contributed by atoms with Crippen molar-refractivity contribution >= 4 is 27.5 Å². The lowest BCUT2D eigenvalue weighted by Gasteiger charge is -2.44. The van der Waals surface area contributed by atoms with Gasteiger partial charge in [0.2, 0.25) is 5.91 Å². The van der Waals surface area contributed by atoms with E-state index < -0.39 is 0 Å².